The van der Waals surface area contributed by atoms with Gasteiger partial charge in [-0.2, -0.15) is 9.97 Å². The van der Waals surface area contributed by atoms with Gasteiger partial charge in [-0.05, 0) is 39.7 Å². The summed E-state index contributed by atoms with van der Waals surface area (Å²) in [5.41, 5.74) is 2.80. The lowest BCUT2D eigenvalue weighted by Gasteiger charge is -2.19. The maximum absolute atomic E-state index is 5.79. The molecule has 2 heterocycles. The van der Waals surface area contributed by atoms with Gasteiger partial charge in [-0.25, -0.2) is 4.98 Å². The molecule has 1 aromatic carbocycles. The summed E-state index contributed by atoms with van der Waals surface area (Å²) >= 11 is 0. The van der Waals surface area contributed by atoms with Crippen molar-refractivity contribution in [1.29, 1.82) is 0 Å². The topological polar surface area (TPSA) is 76.9 Å². The Kier molecular flexibility index (Phi) is 7.04. The Morgan fingerprint density at radius 3 is 2.48 bits per heavy atom. The largest absolute Gasteiger partial charge is 0.377 e. The van der Waals surface area contributed by atoms with E-state index in [1.54, 1.807) is 0 Å². The van der Waals surface area contributed by atoms with E-state index < -0.39 is 0 Å². The van der Waals surface area contributed by atoms with E-state index in [0.717, 1.165) is 23.4 Å². The Hall–Kier alpha value is -2.67. The molecule has 0 aliphatic heterocycles. The van der Waals surface area contributed by atoms with Gasteiger partial charge in [0.25, 0.3) is 0 Å². The zero-order chi connectivity index (χ0) is 20.8. The van der Waals surface area contributed by atoms with Crippen molar-refractivity contribution in [2.45, 2.75) is 65.8 Å². The molecule has 0 unspecified atom stereocenters. The third-order valence-corrected chi connectivity index (χ3v) is 4.74. The van der Waals surface area contributed by atoms with Gasteiger partial charge in [-0.3, -0.25) is 0 Å². The molecule has 29 heavy (non-hydrogen) atoms. The standard InChI is InChI=1S/C22H32N6O/c1-6-18(13-29-16(4)5)25-22-26-20(23-12-17-10-8-7-9-11-17)19-21(27-22)28(14-24-19)15(2)3/h7-11,14-16,18H,6,12-13H2,1-5H3,(H2,23,25,26,27)/t18-/m1/s1. The van der Waals surface area contributed by atoms with Crippen LogP contribution < -0.4 is 10.6 Å². The van der Waals surface area contributed by atoms with Crippen LogP contribution >= 0.6 is 0 Å². The molecule has 0 aliphatic carbocycles. The van der Waals surface area contributed by atoms with Gasteiger partial charge in [0.1, 0.15) is 0 Å². The molecule has 3 aromatic rings. The smallest absolute Gasteiger partial charge is 0.227 e. The Morgan fingerprint density at radius 1 is 1.07 bits per heavy atom. The second kappa shape index (κ2) is 9.69. The highest BCUT2D eigenvalue weighted by atomic mass is 16.5. The molecular weight excluding hydrogens is 364 g/mol. The van der Waals surface area contributed by atoms with Crippen LogP contribution in [0.2, 0.25) is 0 Å². The molecule has 156 valence electrons. The SMILES string of the molecule is CC[C@H](COC(C)C)Nc1nc(NCc2ccccc2)c2ncn(C(C)C)c2n1. The average molecular weight is 397 g/mol. The zero-order valence-electron chi connectivity index (χ0n) is 18.0. The predicted octanol–water partition coefficient (Wildman–Crippen LogP) is 4.63. The summed E-state index contributed by atoms with van der Waals surface area (Å²) in [6, 6.07) is 10.7. The lowest BCUT2D eigenvalue weighted by molar-refractivity contribution is 0.0710. The number of nitrogens with zero attached hydrogens (tertiary/aromatic N) is 4. The minimum absolute atomic E-state index is 0.146. The van der Waals surface area contributed by atoms with E-state index in [0.29, 0.717) is 19.1 Å². The van der Waals surface area contributed by atoms with E-state index in [1.807, 2.05) is 38.4 Å². The number of imidazole rings is 1. The second-order valence-electron chi connectivity index (χ2n) is 7.78. The molecule has 0 spiro atoms. The molecule has 0 saturated carbocycles. The normalized spacial score (nSPS) is 12.7. The summed E-state index contributed by atoms with van der Waals surface area (Å²) in [7, 11) is 0. The first-order chi connectivity index (χ1) is 14.0. The lowest BCUT2D eigenvalue weighted by atomic mass is 10.2. The van der Waals surface area contributed by atoms with Crippen LogP contribution in [0.25, 0.3) is 11.2 Å². The number of rotatable bonds is 10. The Bertz CT molecular complexity index is 906. The number of aromatic nitrogens is 4. The van der Waals surface area contributed by atoms with E-state index in [9.17, 15) is 0 Å². The van der Waals surface area contributed by atoms with Crippen molar-refractivity contribution < 1.29 is 4.74 Å². The molecule has 3 rings (SSSR count). The molecular formula is C22H32N6O. The van der Waals surface area contributed by atoms with Crippen molar-refractivity contribution in [3.8, 4) is 0 Å². The number of nitrogens with one attached hydrogen (secondary N) is 2. The Morgan fingerprint density at radius 2 is 1.83 bits per heavy atom. The van der Waals surface area contributed by atoms with Gasteiger partial charge in [0.2, 0.25) is 5.95 Å². The van der Waals surface area contributed by atoms with Gasteiger partial charge in [0.15, 0.2) is 17.0 Å². The van der Waals surface area contributed by atoms with Gasteiger partial charge >= 0.3 is 0 Å². The second-order valence-corrected chi connectivity index (χ2v) is 7.78. The molecule has 0 bridgehead atoms. The Labute approximate surface area is 172 Å². The highest BCUT2D eigenvalue weighted by Gasteiger charge is 2.17. The van der Waals surface area contributed by atoms with E-state index in [4.69, 9.17) is 14.7 Å². The molecule has 2 aromatic heterocycles. The molecule has 0 radical (unpaired) electrons. The summed E-state index contributed by atoms with van der Waals surface area (Å²) in [6.45, 7) is 11.8. The third kappa shape index (κ3) is 5.44. The molecule has 0 saturated heterocycles. The zero-order valence-corrected chi connectivity index (χ0v) is 18.0. The van der Waals surface area contributed by atoms with Gasteiger partial charge in [-0.15, -0.1) is 0 Å². The van der Waals surface area contributed by atoms with E-state index >= 15 is 0 Å². The molecule has 7 heteroatoms. The maximum Gasteiger partial charge on any atom is 0.227 e. The number of hydrogen-bond acceptors (Lipinski definition) is 6. The fraction of sp³-hybridized carbons (Fsp3) is 0.500. The van der Waals surface area contributed by atoms with Crippen LogP contribution in [0.3, 0.4) is 0 Å². The van der Waals surface area contributed by atoms with Crippen LogP contribution in [0.1, 0.15) is 52.6 Å². The van der Waals surface area contributed by atoms with Crippen molar-refractivity contribution in [2.24, 2.45) is 0 Å². The third-order valence-electron chi connectivity index (χ3n) is 4.74. The van der Waals surface area contributed by atoms with Crippen LogP contribution in [-0.4, -0.2) is 38.3 Å². The number of benzene rings is 1. The monoisotopic (exact) mass is 396 g/mol. The van der Waals surface area contributed by atoms with Gasteiger partial charge in [0.05, 0.1) is 25.1 Å². The van der Waals surface area contributed by atoms with Crippen LogP contribution in [-0.2, 0) is 11.3 Å². The molecule has 0 fully saturated rings. The fourth-order valence-electron chi connectivity index (χ4n) is 3.02. The van der Waals surface area contributed by atoms with Crippen molar-refractivity contribution in [2.75, 3.05) is 17.2 Å². The van der Waals surface area contributed by atoms with E-state index in [1.165, 1.54) is 5.56 Å². The molecule has 0 aliphatic rings. The number of fused-ring (bicyclic) bond motifs is 1. The summed E-state index contributed by atoms with van der Waals surface area (Å²) in [4.78, 5) is 14.1. The maximum atomic E-state index is 5.79. The number of hydrogen-bond donors (Lipinski definition) is 2. The van der Waals surface area contributed by atoms with Crippen LogP contribution in [0, 0.1) is 0 Å². The van der Waals surface area contributed by atoms with Gasteiger partial charge < -0.3 is 19.9 Å². The van der Waals surface area contributed by atoms with Crippen molar-refractivity contribution >= 4 is 22.9 Å². The minimum Gasteiger partial charge on any atom is -0.377 e. The summed E-state index contributed by atoms with van der Waals surface area (Å²) in [5.74, 6) is 1.33. The highest BCUT2D eigenvalue weighted by Crippen LogP contribution is 2.24. The highest BCUT2D eigenvalue weighted by molar-refractivity contribution is 5.84. The van der Waals surface area contributed by atoms with Crippen molar-refractivity contribution in [1.82, 2.24) is 19.5 Å². The molecule has 0 amide bonds. The van der Waals surface area contributed by atoms with E-state index in [-0.39, 0.29) is 18.2 Å². The quantitative estimate of drug-likeness (QED) is 0.520. The lowest BCUT2D eigenvalue weighted by Crippen LogP contribution is -2.27. The van der Waals surface area contributed by atoms with Crippen LogP contribution in [0.15, 0.2) is 36.7 Å². The summed E-state index contributed by atoms with van der Waals surface area (Å²) < 4.78 is 7.86. The number of ether oxygens (including phenoxy) is 1. The molecule has 7 nitrogen and oxygen atoms in total. The van der Waals surface area contributed by atoms with E-state index in [2.05, 4.69) is 53.1 Å². The average Bonchev–Trinajstić information content (AvgIpc) is 3.14. The minimum atomic E-state index is 0.146. The van der Waals surface area contributed by atoms with Gasteiger partial charge in [-0.1, -0.05) is 37.3 Å². The first-order valence-electron chi connectivity index (χ1n) is 10.4. The summed E-state index contributed by atoms with van der Waals surface area (Å²) in [5, 5.41) is 6.88. The van der Waals surface area contributed by atoms with Crippen LogP contribution in [0.5, 0.6) is 0 Å². The fourth-order valence-corrected chi connectivity index (χ4v) is 3.02. The first-order valence-corrected chi connectivity index (χ1v) is 10.4. The van der Waals surface area contributed by atoms with Gasteiger partial charge in [0, 0.05) is 12.6 Å². The van der Waals surface area contributed by atoms with Crippen LogP contribution in [0.4, 0.5) is 11.8 Å². The molecule has 1 atom stereocenters. The summed E-state index contributed by atoms with van der Waals surface area (Å²) in [6.07, 6.45) is 2.95. The first kappa shape index (κ1) is 21.0. The predicted molar refractivity (Wildman–Crippen MR) is 118 cm³/mol. The molecule has 2 N–H and O–H groups in total. The van der Waals surface area contributed by atoms with Crippen molar-refractivity contribution in [3.63, 3.8) is 0 Å². The van der Waals surface area contributed by atoms with Crippen molar-refractivity contribution in [3.05, 3.63) is 42.2 Å². The Balaban J connectivity index is 1.89. The number of anilines is 2.